The van der Waals surface area contributed by atoms with Crippen LogP contribution in [0.1, 0.15) is 15.9 Å². The van der Waals surface area contributed by atoms with Crippen molar-refractivity contribution in [1.29, 1.82) is 0 Å². The second-order valence-corrected chi connectivity index (χ2v) is 3.22. The van der Waals surface area contributed by atoms with Crippen LogP contribution >= 0.6 is 0 Å². The van der Waals surface area contributed by atoms with Crippen molar-refractivity contribution in [2.24, 2.45) is 0 Å². The fourth-order valence-corrected chi connectivity index (χ4v) is 1.34. The van der Waals surface area contributed by atoms with E-state index in [1.54, 1.807) is 0 Å². The van der Waals surface area contributed by atoms with Gasteiger partial charge in [-0.3, -0.25) is 0 Å². The summed E-state index contributed by atoms with van der Waals surface area (Å²) in [5.74, 6) is -0.785. The predicted molar refractivity (Wildman–Crippen MR) is 56.7 cm³/mol. The number of carbonyl (C=O) groups is 1. The van der Waals surface area contributed by atoms with E-state index in [-0.39, 0.29) is 16.9 Å². The molecule has 3 N–H and O–H groups in total. The lowest BCUT2D eigenvalue weighted by atomic mass is 10.1. The maximum absolute atomic E-state index is 12.6. The lowest BCUT2D eigenvalue weighted by Crippen LogP contribution is -2.13. The standard InChI is InChI=1S/C10H11F3N2O2/c1-15-8-3-5(9(16)17-2)7(14)4-6(8)10(11,12)13/h3-4,15H,14H2,1-2H3. The van der Waals surface area contributed by atoms with Gasteiger partial charge in [-0.1, -0.05) is 0 Å². The third-order valence-corrected chi connectivity index (χ3v) is 2.17. The van der Waals surface area contributed by atoms with Gasteiger partial charge in [0.25, 0.3) is 0 Å². The number of nitrogens with two attached hydrogens (primary N) is 1. The molecular weight excluding hydrogens is 237 g/mol. The number of hydrogen-bond acceptors (Lipinski definition) is 4. The summed E-state index contributed by atoms with van der Waals surface area (Å²) in [7, 11) is 2.44. The highest BCUT2D eigenvalue weighted by Crippen LogP contribution is 2.37. The van der Waals surface area contributed by atoms with E-state index in [1.165, 1.54) is 7.05 Å². The number of methoxy groups -OCH3 is 1. The molecule has 1 aromatic rings. The molecule has 0 saturated heterocycles. The number of carbonyl (C=O) groups excluding carboxylic acids is 1. The monoisotopic (exact) mass is 248 g/mol. The van der Waals surface area contributed by atoms with Crippen molar-refractivity contribution in [2.75, 3.05) is 25.2 Å². The van der Waals surface area contributed by atoms with Crippen molar-refractivity contribution in [3.63, 3.8) is 0 Å². The first-order chi connectivity index (χ1) is 7.81. The second kappa shape index (κ2) is 4.52. The van der Waals surface area contributed by atoms with Gasteiger partial charge in [-0.05, 0) is 12.1 Å². The number of benzene rings is 1. The van der Waals surface area contributed by atoms with Crippen LogP contribution in [0.5, 0.6) is 0 Å². The largest absolute Gasteiger partial charge is 0.465 e. The highest BCUT2D eigenvalue weighted by molar-refractivity contribution is 5.96. The predicted octanol–water partition coefficient (Wildman–Crippen LogP) is 2.12. The lowest BCUT2D eigenvalue weighted by molar-refractivity contribution is -0.136. The van der Waals surface area contributed by atoms with Crippen LogP contribution in [0.3, 0.4) is 0 Å². The molecule has 0 bridgehead atoms. The third-order valence-electron chi connectivity index (χ3n) is 2.17. The van der Waals surface area contributed by atoms with Gasteiger partial charge in [0.1, 0.15) is 0 Å². The average Bonchev–Trinajstić information content (AvgIpc) is 2.26. The SMILES string of the molecule is CNc1cc(C(=O)OC)c(N)cc1C(F)(F)F. The smallest absolute Gasteiger partial charge is 0.418 e. The van der Waals surface area contributed by atoms with Crippen molar-refractivity contribution in [1.82, 2.24) is 0 Å². The Labute approximate surface area is 95.6 Å². The zero-order valence-electron chi connectivity index (χ0n) is 9.18. The van der Waals surface area contributed by atoms with Crippen molar-refractivity contribution in [2.45, 2.75) is 6.18 Å². The minimum Gasteiger partial charge on any atom is -0.465 e. The van der Waals surface area contributed by atoms with Crippen molar-refractivity contribution in [3.8, 4) is 0 Å². The molecule has 1 rings (SSSR count). The molecule has 1 aromatic carbocycles. The maximum atomic E-state index is 12.6. The number of nitrogen functional groups attached to an aromatic ring is 1. The van der Waals surface area contributed by atoms with Gasteiger partial charge < -0.3 is 15.8 Å². The second-order valence-electron chi connectivity index (χ2n) is 3.22. The van der Waals surface area contributed by atoms with E-state index < -0.39 is 17.7 Å². The Hall–Kier alpha value is -1.92. The Morgan fingerprint density at radius 2 is 2.00 bits per heavy atom. The lowest BCUT2D eigenvalue weighted by Gasteiger charge is -2.15. The Bertz CT molecular complexity index is 444. The molecule has 0 aromatic heterocycles. The molecule has 0 amide bonds. The number of hydrogen-bond donors (Lipinski definition) is 2. The van der Waals surface area contributed by atoms with Crippen LogP contribution in [-0.4, -0.2) is 20.1 Å². The highest BCUT2D eigenvalue weighted by Gasteiger charge is 2.34. The first-order valence-electron chi connectivity index (χ1n) is 4.58. The fraction of sp³-hybridized carbons (Fsp3) is 0.300. The highest BCUT2D eigenvalue weighted by atomic mass is 19.4. The summed E-state index contributed by atoms with van der Waals surface area (Å²) in [6.45, 7) is 0. The fourth-order valence-electron chi connectivity index (χ4n) is 1.34. The van der Waals surface area contributed by atoms with Gasteiger partial charge in [0.2, 0.25) is 0 Å². The van der Waals surface area contributed by atoms with E-state index in [4.69, 9.17) is 5.73 Å². The van der Waals surface area contributed by atoms with Crippen LogP contribution in [0.15, 0.2) is 12.1 Å². The van der Waals surface area contributed by atoms with E-state index >= 15 is 0 Å². The molecule has 0 spiro atoms. The minimum absolute atomic E-state index is 0.107. The number of esters is 1. The van der Waals surface area contributed by atoms with Gasteiger partial charge in [-0.15, -0.1) is 0 Å². The Kier molecular flexibility index (Phi) is 3.50. The normalized spacial score (nSPS) is 11.1. The van der Waals surface area contributed by atoms with Crippen molar-refractivity contribution < 1.29 is 22.7 Å². The zero-order chi connectivity index (χ0) is 13.2. The number of rotatable bonds is 2. The van der Waals surface area contributed by atoms with Gasteiger partial charge >= 0.3 is 12.1 Å². The van der Waals surface area contributed by atoms with Gasteiger partial charge in [-0.2, -0.15) is 13.2 Å². The molecule has 4 nitrogen and oxygen atoms in total. The molecule has 0 radical (unpaired) electrons. The number of alkyl halides is 3. The van der Waals surface area contributed by atoms with E-state index in [2.05, 4.69) is 10.1 Å². The summed E-state index contributed by atoms with van der Waals surface area (Å²) in [6.07, 6.45) is -4.54. The van der Waals surface area contributed by atoms with Gasteiger partial charge in [0.15, 0.2) is 0 Å². The van der Waals surface area contributed by atoms with Crippen LogP contribution in [0.4, 0.5) is 24.5 Å². The summed E-state index contributed by atoms with van der Waals surface area (Å²) in [5.41, 5.74) is 3.85. The summed E-state index contributed by atoms with van der Waals surface area (Å²) in [5, 5.41) is 2.37. The Morgan fingerprint density at radius 3 is 2.41 bits per heavy atom. The molecule has 0 fully saturated rings. The van der Waals surface area contributed by atoms with Crippen LogP contribution in [0, 0.1) is 0 Å². The van der Waals surface area contributed by atoms with Gasteiger partial charge in [0.05, 0.1) is 18.2 Å². The van der Waals surface area contributed by atoms with Crippen molar-refractivity contribution >= 4 is 17.3 Å². The molecule has 94 valence electrons. The summed E-state index contributed by atoms with van der Waals surface area (Å²) >= 11 is 0. The number of ether oxygens (including phenoxy) is 1. The van der Waals surface area contributed by atoms with Gasteiger partial charge in [0, 0.05) is 18.4 Å². The first-order valence-corrected chi connectivity index (χ1v) is 4.58. The van der Waals surface area contributed by atoms with E-state index in [0.717, 1.165) is 13.2 Å². The van der Waals surface area contributed by atoms with E-state index in [1.807, 2.05) is 0 Å². The number of anilines is 2. The van der Waals surface area contributed by atoms with Crippen LogP contribution < -0.4 is 11.1 Å². The van der Waals surface area contributed by atoms with Crippen LogP contribution in [-0.2, 0) is 10.9 Å². The first kappa shape index (κ1) is 13.1. The molecule has 0 saturated carbocycles. The molecule has 0 aliphatic rings. The van der Waals surface area contributed by atoms with Crippen LogP contribution in [0.2, 0.25) is 0 Å². The minimum atomic E-state index is -4.54. The molecular formula is C10H11F3N2O2. The molecule has 0 unspecified atom stereocenters. The zero-order valence-corrected chi connectivity index (χ0v) is 9.18. The number of nitrogens with one attached hydrogen (secondary N) is 1. The average molecular weight is 248 g/mol. The van der Waals surface area contributed by atoms with E-state index in [0.29, 0.717) is 6.07 Å². The van der Waals surface area contributed by atoms with E-state index in [9.17, 15) is 18.0 Å². The molecule has 0 aliphatic heterocycles. The summed E-state index contributed by atoms with van der Waals surface area (Å²) in [6, 6.07) is 1.72. The summed E-state index contributed by atoms with van der Waals surface area (Å²) < 4.78 is 42.3. The summed E-state index contributed by atoms with van der Waals surface area (Å²) in [4.78, 5) is 11.3. The maximum Gasteiger partial charge on any atom is 0.418 e. The molecule has 0 aliphatic carbocycles. The Balaban J connectivity index is 3.40. The van der Waals surface area contributed by atoms with Crippen LogP contribution in [0.25, 0.3) is 0 Å². The molecule has 7 heteroatoms. The van der Waals surface area contributed by atoms with Gasteiger partial charge in [-0.25, -0.2) is 4.79 Å². The Morgan fingerprint density at radius 1 is 1.41 bits per heavy atom. The van der Waals surface area contributed by atoms with Crippen molar-refractivity contribution in [3.05, 3.63) is 23.3 Å². The molecule has 0 atom stereocenters. The topological polar surface area (TPSA) is 64.3 Å². The quantitative estimate of drug-likeness (QED) is 0.621. The molecule has 17 heavy (non-hydrogen) atoms. The molecule has 0 heterocycles. The number of halogens is 3. The third kappa shape index (κ3) is 2.61.